The first-order chi connectivity index (χ1) is 14.5. The monoisotopic (exact) mass is 403 g/mol. The van der Waals surface area contributed by atoms with Crippen LogP contribution in [0.3, 0.4) is 0 Å². The van der Waals surface area contributed by atoms with Crippen LogP contribution in [0.4, 0.5) is 0 Å². The first kappa shape index (κ1) is 22.5. The summed E-state index contributed by atoms with van der Waals surface area (Å²) in [6.45, 7) is 12.3. The van der Waals surface area contributed by atoms with Crippen LogP contribution in [-0.4, -0.2) is 23.8 Å². The van der Waals surface area contributed by atoms with Crippen molar-refractivity contribution >= 4 is 11.4 Å². The lowest BCUT2D eigenvalue weighted by Crippen LogP contribution is -2.34. The predicted molar refractivity (Wildman–Crippen MR) is 128 cm³/mol. The van der Waals surface area contributed by atoms with E-state index in [1.54, 1.807) is 6.92 Å². The number of allylic oxidation sites excluding steroid dienone is 1. The SMILES string of the molecule is C=C(C)c1ccc2c(c1)CCCC2N(CCCCC(C)=O)CCc1ccccc1C. The normalized spacial score (nSPS) is 15.8. The molecule has 2 nitrogen and oxygen atoms in total. The van der Waals surface area contributed by atoms with Gasteiger partial charge >= 0.3 is 0 Å². The fourth-order valence-electron chi connectivity index (χ4n) is 4.70. The minimum atomic E-state index is 0.303. The number of rotatable bonds is 10. The Bertz CT molecular complexity index is 882. The van der Waals surface area contributed by atoms with Gasteiger partial charge in [0, 0.05) is 19.0 Å². The third kappa shape index (κ3) is 5.92. The van der Waals surface area contributed by atoms with Crippen LogP contribution in [0.1, 0.15) is 79.8 Å². The molecule has 1 aliphatic carbocycles. The second-order valence-electron chi connectivity index (χ2n) is 8.97. The van der Waals surface area contributed by atoms with Crippen molar-refractivity contribution in [3.05, 3.63) is 76.9 Å². The van der Waals surface area contributed by atoms with Crippen LogP contribution >= 0.6 is 0 Å². The summed E-state index contributed by atoms with van der Waals surface area (Å²) in [7, 11) is 0. The minimum absolute atomic E-state index is 0.303. The smallest absolute Gasteiger partial charge is 0.129 e. The number of aryl methyl sites for hydroxylation is 2. The van der Waals surface area contributed by atoms with Gasteiger partial charge in [0.25, 0.3) is 0 Å². The number of fused-ring (bicyclic) bond motifs is 1. The van der Waals surface area contributed by atoms with Crippen molar-refractivity contribution in [3.63, 3.8) is 0 Å². The Morgan fingerprint density at radius 2 is 1.90 bits per heavy atom. The molecule has 160 valence electrons. The number of carbonyl (C=O) groups is 1. The molecule has 1 atom stereocenters. The average Bonchev–Trinajstić information content (AvgIpc) is 2.73. The Kier molecular flexibility index (Phi) is 8.04. The maximum atomic E-state index is 11.4. The zero-order valence-electron chi connectivity index (χ0n) is 19.0. The summed E-state index contributed by atoms with van der Waals surface area (Å²) in [6, 6.07) is 16.2. The number of hydrogen-bond donors (Lipinski definition) is 0. The van der Waals surface area contributed by atoms with Gasteiger partial charge in [-0.3, -0.25) is 4.90 Å². The van der Waals surface area contributed by atoms with Crippen LogP contribution in [0.15, 0.2) is 49.0 Å². The lowest BCUT2D eigenvalue weighted by molar-refractivity contribution is -0.117. The molecule has 0 radical (unpaired) electrons. The molecule has 2 aromatic carbocycles. The van der Waals surface area contributed by atoms with Crippen molar-refractivity contribution in [1.82, 2.24) is 4.90 Å². The summed E-state index contributed by atoms with van der Waals surface area (Å²) in [5.74, 6) is 0.303. The van der Waals surface area contributed by atoms with Crippen molar-refractivity contribution in [2.45, 2.75) is 71.8 Å². The Hall–Kier alpha value is -2.19. The van der Waals surface area contributed by atoms with Gasteiger partial charge in [-0.2, -0.15) is 0 Å². The highest BCUT2D eigenvalue weighted by Gasteiger charge is 2.26. The Balaban J connectivity index is 1.78. The average molecular weight is 404 g/mol. The topological polar surface area (TPSA) is 20.3 Å². The van der Waals surface area contributed by atoms with Crippen molar-refractivity contribution < 1.29 is 4.79 Å². The molecule has 0 saturated carbocycles. The molecule has 0 fully saturated rings. The molecule has 0 N–H and O–H groups in total. The van der Waals surface area contributed by atoms with Crippen LogP contribution in [0.5, 0.6) is 0 Å². The second-order valence-corrected chi connectivity index (χ2v) is 8.97. The minimum Gasteiger partial charge on any atom is -0.300 e. The maximum Gasteiger partial charge on any atom is 0.129 e. The summed E-state index contributed by atoms with van der Waals surface area (Å²) in [5.41, 5.74) is 8.23. The highest BCUT2D eigenvalue weighted by atomic mass is 16.1. The van der Waals surface area contributed by atoms with E-state index in [0.29, 0.717) is 18.2 Å². The van der Waals surface area contributed by atoms with Gasteiger partial charge in [0.15, 0.2) is 0 Å². The summed E-state index contributed by atoms with van der Waals surface area (Å²) < 4.78 is 0. The van der Waals surface area contributed by atoms with Gasteiger partial charge in [-0.1, -0.05) is 54.6 Å². The van der Waals surface area contributed by atoms with Gasteiger partial charge in [0.05, 0.1) is 0 Å². The summed E-state index contributed by atoms with van der Waals surface area (Å²) in [5, 5.41) is 0. The number of unbranched alkanes of at least 4 members (excludes halogenated alkanes) is 1. The molecule has 0 amide bonds. The largest absolute Gasteiger partial charge is 0.300 e. The number of carbonyl (C=O) groups excluding carboxylic acids is 1. The fourth-order valence-corrected chi connectivity index (χ4v) is 4.70. The lowest BCUT2D eigenvalue weighted by atomic mass is 9.84. The van der Waals surface area contributed by atoms with Gasteiger partial charge in [0.1, 0.15) is 5.78 Å². The van der Waals surface area contributed by atoms with Crippen LogP contribution < -0.4 is 0 Å². The zero-order chi connectivity index (χ0) is 21.5. The molecule has 1 unspecified atom stereocenters. The number of ketones is 1. The van der Waals surface area contributed by atoms with E-state index in [1.807, 2.05) is 0 Å². The van der Waals surface area contributed by atoms with E-state index in [0.717, 1.165) is 37.9 Å². The van der Waals surface area contributed by atoms with E-state index >= 15 is 0 Å². The molecule has 0 saturated heterocycles. The second kappa shape index (κ2) is 10.7. The van der Waals surface area contributed by atoms with Crippen molar-refractivity contribution in [2.75, 3.05) is 13.1 Å². The zero-order valence-corrected chi connectivity index (χ0v) is 19.0. The van der Waals surface area contributed by atoms with Crippen molar-refractivity contribution in [1.29, 1.82) is 0 Å². The van der Waals surface area contributed by atoms with Crippen LogP contribution in [0, 0.1) is 6.92 Å². The van der Waals surface area contributed by atoms with E-state index < -0.39 is 0 Å². The third-order valence-electron chi connectivity index (χ3n) is 6.51. The van der Waals surface area contributed by atoms with Gasteiger partial charge in [0.2, 0.25) is 0 Å². The number of hydrogen-bond acceptors (Lipinski definition) is 2. The number of nitrogens with zero attached hydrogens (tertiary/aromatic N) is 1. The predicted octanol–water partition coefficient (Wildman–Crippen LogP) is 6.71. The van der Waals surface area contributed by atoms with Crippen LogP contribution in [-0.2, 0) is 17.6 Å². The van der Waals surface area contributed by atoms with Gasteiger partial charge in [-0.15, -0.1) is 0 Å². The van der Waals surface area contributed by atoms with E-state index in [-0.39, 0.29) is 0 Å². The molecular weight excluding hydrogens is 366 g/mol. The molecular formula is C28H37NO. The summed E-state index contributed by atoms with van der Waals surface area (Å²) in [4.78, 5) is 14.1. The first-order valence-corrected chi connectivity index (χ1v) is 11.5. The molecule has 0 heterocycles. The van der Waals surface area contributed by atoms with E-state index in [4.69, 9.17) is 0 Å². The highest BCUT2D eigenvalue weighted by Crippen LogP contribution is 2.36. The molecule has 0 bridgehead atoms. The first-order valence-electron chi connectivity index (χ1n) is 11.5. The van der Waals surface area contributed by atoms with E-state index in [9.17, 15) is 4.79 Å². The Morgan fingerprint density at radius 1 is 1.10 bits per heavy atom. The quantitative estimate of drug-likeness (QED) is 0.411. The van der Waals surface area contributed by atoms with E-state index in [2.05, 4.69) is 67.8 Å². The number of Topliss-reactive ketones (excluding diaryl/α,β-unsaturated/α-hetero) is 1. The maximum absolute atomic E-state index is 11.4. The fraction of sp³-hybridized carbons (Fsp3) is 0.464. The van der Waals surface area contributed by atoms with Crippen molar-refractivity contribution in [3.8, 4) is 0 Å². The molecule has 2 heteroatoms. The molecule has 1 aliphatic rings. The highest BCUT2D eigenvalue weighted by molar-refractivity contribution is 5.75. The van der Waals surface area contributed by atoms with Crippen LogP contribution in [0.2, 0.25) is 0 Å². The summed E-state index contributed by atoms with van der Waals surface area (Å²) >= 11 is 0. The Morgan fingerprint density at radius 3 is 2.63 bits per heavy atom. The Labute approximate surface area is 183 Å². The van der Waals surface area contributed by atoms with Crippen LogP contribution in [0.25, 0.3) is 5.57 Å². The standard InChI is InChI=1S/C28H37NO/c1-21(2)25-15-16-27-26(20-25)13-9-14-28(27)29(18-8-7-11-23(4)30)19-17-24-12-6-5-10-22(24)3/h5-6,10,12,15-16,20,28H,1,7-9,11,13-14,17-19H2,2-4H3. The van der Waals surface area contributed by atoms with Gasteiger partial charge < -0.3 is 4.79 Å². The van der Waals surface area contributed by atoms with Gasteiger partial charge in [-0.25, -0.2) is 0 Å². The van der Waals surface area contributed by atoms with E-state index in [1.165, 1.54) is 47.1 Å². The van der Waals surface area contributed by atoms with Gasteiger partial charge in [-0.05, 0) is 93.7 Å². The summed E-state index contributed by atoms with van der Waals surface area (Å²) in [6.07, 6.45) is 7.49. The molecule has 30 heavy (non-hydrogen) atoms. The molecule has 3 rings (SSSR count). The van der Waals surface area contributed by atoms with Crippen molar-refractivity contribution in [2.24, 2.45) is 0 Å². The molecule has 0 aliphatic heterocycles. The molecule has 2 aromatic rings. The third-order valence-corrected chi connectivity index (χ3v) is 6.51. The number of benzene rings is 2. The lowest BCUT2D eigenvalue weighted by Gasteiger charge is -2.36. The molecule has 0 spiro atoms. The molecule has 0 aromatic heterocycles.